The molecule has 0 radical (unpaired) electrons. The van der Waals surface area contributed by atoms with Crippen LogP contribution in [0.1, 0.15) is 64.7 Å². The van der Waals surface area contributed by atoms with Gasteiger partial charge in [-0.05, 0) is 74.8 Å². The van der Waals surface area contributed by atoms with Crippen molar-refractivity contribution in [3.05, 3.63) is 0 Å². The molecule has 2 saturated carbocycles. The second-order valence-corrected chi connectivity index (χ2v) is 6.92. The van der Waals surface area contributed by atoms with Crippen LogP contribution in [0, 0.1) is 16.7 Å². The topological polar surface area (TPSA) is 12.0 Å². The molecule has 1 heteroatoms. The molecule has 0 amide bonds. The Morgan fingerprint density at radius 1 is 0.875 bits per heavy atom. The summed E-state index contributed by atoms with van der Waals surface area (Å²) in [5.41, 5.74) is 1.55. The zero-order valence-corrected chi connectivity index (χ0v) is 10.9. The first-order valence-corrected chi connectivity index (χ1v) is 7.46. The van der Waals surface area contributed by atoms with E-state index < -0.39 is 0 Å². The van der Waals surface area contributed by atoms with Crippen LogP contribution in [0.3, 0.4) is 0 Å². The van der Waals surface area contributed by atoms with Gasteiger partial charge in [-0.3, -0.25) is 0 Å². The standard InChI is InChI=1S/C15H27N/c1-13-12-16-11-10-15(13)8-6-14(7-9-15)4-2-3-5-14/h13,16H,2-12H2,1H3. The maximum atomic E-state index is 3.57. The highest BCUT2D eigenvalue weighted by molar-refractivity contribution is 4.98. The van der Waals surface area contributed by atoms with Crippen LogP contribution in [-0.2, 0) is 0 Å². The Morgan fingerprint density at radius 2 is 1.56 bits per heavy atom. The second-order valence-electron chi connectivity index (χ2n) is 6.92. The van der Waals surface area contributed by atoms with Crippen molar-refractivity contribution in [2.45, 2.75) is 64.7 Å². The third-order valence-electron chi connectivity index (χ3n) is 6.27. The normalized spacial score (nSPS) is 36.9. The first-order chi connectivity index (χ1) is 7.75. The molecular weight excluding hydrogens is 194 g/mol. The van der Waals surface area contributed by atoms with Crippen LogP contribution in [0.2, 0.25) is 0 Å². The smallest absolute Gasteiger partial charge is 0.00178 e. The first-order valence-electron chi connectivity index (χ1n) is 7.46. The second kappa shape index (κ2) is 4.01. The lowest BCUT2D eigenvalue weighted by atomic mass is 9.57. The summed E-state index contributed by atoms with van der Waals surface area (Å²) < 4.78 is 0. The van der Waals surface area contributed by atoms with Crippen molar-refractivity contribution in [2.75, 3.05) is 13.1 Å². The van der Waals surface area contributed by atoms with E-state index in [1.807, 2.05) is 0 Å². The zero-order valence-electron chi connectivity index (χ0n) is 10.9. The lowest BCUT2D eigenvalue weighted by Crippen LogP contribution is -2.47. The molecule has 0 aromatic heterocycles. The lowest BCUT2D eigenvalue weighted by Gasteiger charge is -2.50. The molecule has 1 atom stereocenters. The van der Waals surface area contributed by atoms with Gasteiger partial charge in [-0.1, -0.05) is 19.8 Å². The van der Waals surface area contributed by atoms with Gasteiger partial charge in [-0.2, -0.15) is 0 Å². The number of hydrogen-bond acceptors (Lipinski definition) is 1. The summed E-state index contributed by atoms with van der Waals surface area (Å²) in [6.07, 6.45) is 13.8. The molecule has 1 N–H and O–H groups in total. The molecule has 2 spiro atoms. The average Bonchev–Trinajstić information content (AvgIpc) is 2.76. The van der Waals surface area contributed by atoms with Gasteiger partial charge in [0.25, 0.3) is 0 Å². The highest BCUT2D eigenvalue weighted by Crippen LogP contribution is 2.57. The van der Waals surface area contributed by atoms with Crippen LogP contribution >= 0.6 is 0 Å². The predicted octanol–water partition coefficient (Wildman–Crippen LogP) is 3.74. The summed E-state index contributed by atoms with van der Waals surface area (Å²) in [7, 11) is 0. The van der Waals surface area contributed by atoms with Gasteiger partial charge in [0.05, 0.1) is 0 Å². The number of nitrogens with one attached hydrogen (secondary N) is 1. The SMILES string of the molecule is CC1CNCCC12CCC1(CCCC1)CC2. The number of hydrogen-bond donors (Lipinski definition) is 1. The molecular formula is C15H27N. The molecule has 3 rings (SSSR count). The summed E-state index contributed by atoms with van der Waals surface area (Å²) in [4.78, 5) is 0. The van der Waals surface area contributed by atoms with Crippen LogP contribution in [0.4, 0.5) is 0 Å². The first kappa shape index (κ1) is 11.1. The molecule has 1 saturated heterocycles. The van der Waals surface area contributed by atoms with Crippen LogP contribution in [0.5, 0.6) is 0 Å². The highest BCUT2D eigenvalue weighted by Gasteiger charge is 2.46. The Balaban J connectivity index is 1.68. The molecule has 0 aromatic rings. The minimum absolute atomic E-state index is 0.735. The molecule has 3 aliphatic rings. The molecule has 1 nitrogen and oxygen atoms in total. The average molecular weight is 221 g/mol. The molecule has 3 fully saturated rings. The van der Waals surface area contributed by atoms with Gasteiger partial charge in [0.2, 0.25) is 0 Å². The van der Waals surface area contributed by atoms with Crippen LogP contribution in [0.15, 0.2) is 0 Å². The van der Waals surface area contributed by atoms with Crippen LogP contribution in [-0.4, -0.2) is 13.1 Å². The van der Waals surface area contributed by atoms with Crippen molar-refractivity contribution in [1.82, 2.24) is 5.32 Å². The van der Waals surface area contributed by atoms with Crippen molar-refractivity contribution >= 4 is 0 Å². The fraction of sp³-hybridized carbons (Fsp3) is 1.00. The lowest BCUT2D eigenvalue weighted by molar-refractivity contribution is 0.0146. The number of piperidine rings is 1. The maximum absolute atomic E-state index is 3.57. The van der Waals surface area contributed by atoms with E-state index >= 15 is 0 Å². The van der Waals surface area contributed by atoms with Crippen molar-refractivity contribution < 1.29 is 0 Å². The van der Waals surface area contributed by atoms with Crippen LogP contribution < -0.4 is 5.32 Å². The van der Waals surface area contributed by atoms with E-state index in [4.69, 9.17) is 0 Å². The van der Waals surface area contributed by atoms with Gasteiger partial charge in [0.15, 0.2) is 0 Å². The summed E-state index contributed by atoms with van der Waals surface area (Å²) >= 11 is 0. The van der Waals surface area contributed by atoms with Gasteiger partial charge in [0, 0.05) is 0 Å². The molecule has 2 aliphatic carbocycles. The van der Waals surface area contributed by atoms with Crippen molar-refractivity contribution in [2.24, 2.45) is 16.7 Å². The molecule has 92 valence electrons. The van der Waals surface area contributed by atoms with E-state index in [9.17, 15) is 0 Å². The van der Waals surface area contributed by atoms with Gasteiger partial charge in [-0.15, -0.1) is 0 Å². The Kier molecular flexibility index (Phi) is 2.78. The zero-order chi connectivity index (χ0) is 11.1. The monoisotopic (exact) mass is 221 g/mol. The van der Waals surface area contributed by atoms with E-state index in [1.54, 1.807) is 25.7 Å². The Labute approximate surface area is 100 Å². The van der Waals surface area contributed by atoms with Gasteiger partial charge < -0.3 is 5.32 Å². The minimum Gasteiger partial charge on any atom is -0.316 e. The quantitative estimate of drug-likeness (QED) is 0.657. The fourth-order valence-electron chi connectivity index (χ4n) is 4.76. The largest absolute Gasteiger partial charge is 0.316 e. The van der Waals surface area contributed by atoms with Crippen molar-refractivity contribution in [3.8, 4) is 0 Å². The summed E-state index contributed by atoms with van der Waals surface area (Å²) in [6, 6.07) is 0. The molecule has 1 heterocycles. The van der Waals surface area contributed by atoms with Gasteiger partial charge in [-0.25, -0.2) is 0 Å². The van der Waals surface area contributed by atoms with E-state index in [0.29, 0.717) is 0 Å². The Bertz CT molecular complexity index is 242. The molecule has 0 aromatic carbocycles. The Morgan fingerprint density at radius 3 is 2.19 bits per heavy atom. The van der Waals surface area contributed by atoms with Gasteiger partial charge in [0.1, 0.15) is 0 Å². The summed E-state index contributed by atoms with van der Waals surface area (Å²) in [5.74, 6) is 0.917. The fourth-order valence-corrected chi connectivity index (χ4v) is 4.76. The highest BCUT2D eigenvalue weighted by atomic mass is 14.9. The van der Waals surface area contributed by atoms with E-state index in [1.165, 1.54) is 45.2 Å². The summed E-state index contributed by atoms with van der Waals surface area (Å²) in [5, 5.41) is 3.57. The third kappa shape index (κ3) is 1.72. The molecule has 0 bridgehead atoms. The maximum Gasteiger partial charge on any atom is -0.00178 e. The number of rotatable bonds is 0. The van der Waals surface area contributed by atoms with Crippen molar-refractivity contribution in [3.63, 3.8) is 0 Å². The van der Waals surface area contributed by atoms with Crippen molar-refractivity contribution in [1.29, 1.82) is 0 Å². The molecule has 1 aliphatic heterocycles. The summed E-state index contributed by atoms with van der Waals surface area (Å²) in [6.45, 7) is 5.03. The predicted molar refractivity (Wildman–Crippen MR) is 68.5 cm³/mol. The van der Waals surface area contributed by atoms with E-state index in [-0.39, 0.29) is 0 Å². The third-order valence-corrected chi connectivity index (χ3v) is 6.27. The van der Waals surface area contributed by atoms with Crippen LogP contribution in [0.25, 0.3) is 0 Å². The van der Waals surface area contributed by atoms with E-state index in [2.05, 4.69) is 12.2 Å². The van der Waals surface area contributed by atoms with Gasteiger partial charge >= 0.3 is 0 Å². The molecule has 16 heavy (non-hydrogen) atoms. The Hall–Kier alpha value is -0.0400. The molecule has 1 unspecified atom stereocenters. The van der Waals surface area contributed by atoms with E-state index in [0.717, 1.165) is 16.7 Å². The minimum atomic E-state index is 0.735.